The van der Waals surface area contributed by atoms with Crippen LogP contribution in [0.2, 0.25) is 0 Å². The molecule has 0 fully saturated rings. The molecule has 6 heteroatoms. The first kappa shape index (κ1) is 18.0. The molecular formula is C18H20BrN3O2. The van der Waals surface area contributed by atoms with Gasteiger partial charge in [0.1, 0.15) is 0 Å². The fraction of sp³-hybridized carbons (Fsp3) is 0.222. The summed E-state index contributed by atoms with van der Waals surface area (Å²) in [6, 6.07) is 14.5. The fourth-order valence-corrected chi connectivity index (χ4v) is 2.66. The van der Waals surface area contributed by atoms with Gasteiger partial charge in [0.05, 0.1) is 5.69 Å². The van der Waals surface area contributed by atoms with Gasteiger partial charge < -0.3 is 15.5 Å². The van der Waals surface area contributed by atoms with Crippen molar-refractivity contribution in [2.45, 2.75) is 13.8 Å². The number of carbonyl (C=O) groups excluding carboxylic acids is 2. The molecule has 0 aliphatic rings. The van der Waals surface area contributed by atoms with Crippen LogP contribution in [0.25, 0.3) is 0 Å². The van der Waals surface area contributed by atoms with E-state index in [1.807, 2.05) is 18.2 Å². The van der Waals surface area contributed by atoms with Gasteiger partial charge >= 0.3 is 11.8 Å². The van der Waals surface area contributed by atoms with Crippen LogP contribution in [0.1, 0.15) is 13.8 Å². The number of nitrogens with zero attached hydrogens (tertiary/aromatic N) is 1. The highest BCUT2D eigenvalue weighted by molar-refractivity contribution is 9.10. The maximum atomic E-state index is 12.0. The van der Waals surface area contributed by atoms with Crippen molar-refractivity contribution in [1.82, 2.24) is 0 Å². The molecule has 2 rings (SSSR count). The summed E-state index contributed by atoms with van der Waals surface area (Å²) in [6.07, 6.45) is 0. The minimum Gasteiger partial charge on any atom is -0.372 e. The second-order valence-corrected chi connectivity index (χ2v) is 5.96. The fourth-order valence-electron chi connectivity index (χ4n) is 2.27. The molecule has 2 N–H and O–H groups in total. The van der Waals surface area contributed by atoms with E-state index in [4.69, 9.17) is 0 Å². The van der Waals surface area contributed by atoms with E-state index in [0.29, 0.717) is 11.4 Å². The molecule has 2 amide bonds. The monoisotopic (exact) mass is 389 g/mol. The SMILES string of the molecule is CCN(CC)c1ccc(NC(=O)C(=O)Nc2ccccc2Br)cc1. The second-order valence-electron chi connectivity index (χ2n) is 5.11. The van der Waals surface area contributed by atoms with Crippen molar-refractivity contribution in [3.8, 4) is 0 Å². The topological polar surface area (TPSA) is 61.4 Å². The zero-order valence-corrected chi connectivity index (χ0v) is 15.3. The van der Waals surface area contributed by atoms with Crippen molar-refractivity contribution in [2.75, 3.05) is 28.6 Å². The van der Waals surface area contributed by atoms with E-state index >= 15 is 0 Å². The lowest BCUT2D eigenvalue weighted by Gasteiger charge is -2.21. The number of benzene rings is 2. The Bertz CT molecular complexity index is 712. The quantitative estimate of drug-likeness (QED) is 0.762. The van der Waals surface area contributed by atoms with Crippen LogP contribution >= 0.6 is 15.9 Å². The lowest BCUT2D eigenvalue weighted by molar-refractivity contribution is -0.133. The minimum atomic E-state index is -0.713. The first-order valence-electron chi connectivity index (χ1n) is 7.77. The van der Waals surface area contributed by atoms with Gasteiger partial charge in [-0.05, 0) is 66.2 Å². The first-order chi connectivity index (χ1) is 11.5. The molecule has 0 saturated heterocycles. The Hall–Kier alpha value is -2.34. The molecule has 2 aromatic rings. The molecular weight excluding hydrogens is 370 g/mol. The summed E-state index contributed by atoms with van der Waals surface area (Å²) < 4.78 is 0.717. The lowest BCUT2D eigenvalue weighted by atomic mass is 10.2. The first-order valence-corrected chi connectivity index (χ1v) is 8.56. The van der Waals surface area contributed by atoms with Crippen molar-refractivity contribution >= 4 is 44.8 Å². The smallest absolute Gasteiger partial charge is 0.314 e. The number of amides is 2. The maximum absolute atomic E-state index is 12.0. The molecule has 0 spiro atoms. The van der Waals surface area contributed by atoms with Crippen LogP contribution in [-0.2, 0) is 9.59 Å². The van der Waals surface area contributed by atoms with Crippen molar-refractivity contribution in [2.24, 2.45) is 0 Å². The molecule has 0 bridgehead atoms. The Labute approximate surface area is 150 Å². The van der Waals surface area contributed by atoms with Crippen LogP contribution in [-0.4, -0.2) is 24.9 Å². The molecule has 126 valence electrons. The highest BCUT2D eigenvalue weighted by atomic mass is 79.9. The van der Waals surface area contributed by atoms with Gasteiger partial charge in [-0.25, -0.2) is 0 Å². The number of rotatable bonds is 5. The molecule has 0 saturated carbocycles. The van der Waals surface area contributed by atoms with Gasteiger partial charge in [0, 0.05) is 28.9 Å². The zero-order valence-electron chi connectivity index (χ0n) is 13.7. The number of hydrogen-bond acceptors (Lipinski definition) is 3. The largest absolute Gasteiger partial charge is 0.372 e. The van der Waals surface area contributed by atoms with Crippen molar-refractivity contribution in [1.29, 1.82) is 0 Å². The van der Waals surface area contributed by atoms with E-state index in [2.05, 4.69) is 45.3 Å². The summed E-state index contributed by atoms with van der Waals surface area (Å²) in [7, 11) is 0. The van der Waals surface area contributed by atoms with E-state index < -0.39 is 11.8 Å². The molecule has 0 aliphatic heterocycles. The van der Waals surface area contributed by atoms with Crippen LogP contribution in [0.3, 0.4) is 0 Å². The molecule has 2 aromatic carbocycles. The van der Waals surface area contributed by atoms with Crippen LogP contribution in [0.4, 0.5) is 17.1 Å². The standard InChI is InChI=1S/C18H20BrN3O2/c1-3-22(4-2)14-11-9-13(10-12-14)20-17(23)18(24)21-16-8-6-5-7-15(16)19/h5-12H,3-4H2,1-2H3,(H,20,23)(H,21,24). The van der Waals surface area contributed by atoms with E-state index in [0.717, 1.165) is 23.2 Å². The van der Waals surface area contributed by atoms with Crippen LogP contribution in [0.15, 0.2) is 53.0 Å². The predicted molar refractivity (Wildman–Crippen MR) is 101 cm³/mol. The Morgan fingerprint density at radius 1 is 0.917 bits per heavy atom. The molecule has 0 radical (unpaired) electrons. The van der Waals surface area contributed by atoms with Gasteiger partial charge in [-0.2, -0.15) is 0 Å². The van der Waals surface area contributed by atoms with Crippen molar-refractivity contribution in [3.05, 3.63) is 53.0 Å². The average Bonchev–Trinajstić information content (AvgIpc) is 2.59. The summed E-state index contributed by atoms with van der Waals surface area (Å²) >= 11 is 3.32. The Balaban J connectivity index is 1.99. The normalized spacial score (nSPS) is 10.1. The molecule has 0 unspecified atom stereocenters. The highest BCUT2D eigenvalue weighted by Gasteiger charge is 2.15. The highest BCUT2D eigenvalue weighted by Crippen LogP contribution is 2.21. The predicted octanol–water partition coefficient (Wildman–Crippen LogP) is 3.87. The van der Waals surface area contributed by atoms with E-state index in [1.165, 1.54) is 0 Å². The third-order valence-corrected chi connectivity index (χ3v) is 4.27. The van der Waals surface area contributed by atoms with Gasteiger partial charge in [-0.15, -0.1) is 0 Å². The van der Waals surface area contributed by atoms with Crippen molar-refractivity contribution < 1.29 is 9.59 Å². The lowest BCUT2D eigenvalue weighted by Crippen LogP contribution is -2.29. The van der Waals surface area contributed by atoms with E-state index in [-0.39, 0.29) is 0 Å². The Morgan fingerprint density at radius 2 is 1.50 bits per heavy atom. The zero-order chi connectivity index (χ0) is 17.5. The second kappa shape index (κ2) is 8.49. The number of nitrogens with one attached hydrogen (secondary N) is 2. The number of hydrogen-bond donors (Lipinski definition) is 2. The molecule has 5 nitrogen and oxygen atoms in total. The Morgan fingerprint density at radius 3 is 2.08 bits per heavy atom. The summed E-state index contributed by atoms with van der Waals surface area (Å²) in [4.78, 5) is 26.2. The third-order valence-electron chi connectivity index (χ3n) is 3.58. The van der Waals surface area contributed by atoms with Crippen molar-refractivity contribution in [3.63, 3.8) is 0 Å². The summed E-state index contributed by atoms with van der Waals surface area (Å²) in [5.74, 6) is -1.42. The molecule has 0 atom stereocenters. The van der Waals surface area contributed by atoms with Crippen LogP contribution < -0.4 is 15.5 Å². The van der Waals surface area contributed by atoms with E-state index in [1.54, 1.807) is 30.3 Å². The minimum absolute atomic E-state index is 0.550. The van der Waals surface area contributed by atoms with Gasteiger partial charge in [-0.3, -0.25) is 9.59 Å². The molecule has 0 aromatic heterocycles. The number of carbonyl (C=O) groups is 2. The Kier molecular flexibility index (Phi) is 6.37. The molecule has 0 heterocycles. The van der Waals surface area contributed by atoms with Gasteiger partial charge in [0.25, 0.3) is 0 Å². The number of para-hydroxylation sites is 1. The third kappa shape index (κ3) is 4.58. The van der Waals surface area contributed by atoms with Gasteiger partial charge in [0.15, 0.2) is 0 Å². The number of anilines is 3. The van der Waals surface area contributed by atoms with Crippen LogP contribution in [0, 0.1) is 0 Å². The van der Waals surface area contributed by atoms with Crippen LogP contribution in [0.5, 0.6) is 0 Å². The summed E-state index contributed by atoms with van der Waals surface area (Å²) in [6.45, 7) is 6.00. The average molecular weight is 390 g/mol. The van der Waals surface area contributed by atoms with Gasteiger partial charge in [-0.1, -0.05) is 12.1 Å². The maximum Gasteiger partial charge on any atom is 0.314 e. The van der Waals surface area contributed by atoms with Gasteiger partial charge in [0.2, 0.25) is 0 Å². The molecule has 24 heavy (non-hydrogen) atoms. The van der Waals surface area contributed by atoms with E-state index in [9.17, 15) is 9.59 Å². The summed E-state index contributed by atoms with van der Waals surface area (Å²) in [5, 5.41) is 5.17. The summed E-state index contributed by atoms with van der Waals surface area (Å²) in [5.41, 5.74) is 2.21. The number of halogens is 1. The molecule has 0 aliphatic carbocycles.